The molecule has 4 bridgehead atoms. The largest absolute Gasteiger partial charge is 0.382 e. The molecule has 4 aliphatic rings. The predicted octanol–water partition coefficient (Wildman–Crippen LogP) is 3.05. The molecule has 0 amide bonds. The summed E-state index contributed by atoms with van der Waals surface area (Å²) in [5, 5.41) is 9.80. The first-order chi connectivity index (χ1) is 9.63. The van der Waals surface area contributed by atoms with Crippen LogP contribution < -0.4 is 10.9 Å². The smallest absolute Gasteiger partial charge is 0.285 e. The number of hydrogen-bond donors (Lipinski definition) is 2. The van der Waals surface area contributed by atoms with Gasteiger partial charge in [0, 0.05) is 6.54 Å². The minimum Gasteiger partial charge on any atom is -0.382 e. The van der Waals surface area contributed by atoms with Gasteiger partial charge in [-0.25, -0.2) is 5.10 Å². The fraction of sp³-hybridized carbons (Fsp3) is 0.733. The van der Waals surface area contributed by atoms with Gasteiger partial charge in [0.05, 0.1) is 11.9 Å². The molecule has 4 aliphatic carbocycles. The van der Waals surface area contributed by atoms with Crippen molar-refractivity contribution in [3.63, 3.8) is 0 Å². The molecule has 0 atom stereocenters. The van der Waals surface area contributed by atoms with E-state index in [-0.39, 0.29) is 10.6 Å². The van der Waals surface area contributed by atoms with Crippen molar-refractivity contribution in [3.05, 3.63) is 21.6 Å². The highest BCUT2D eigenvalue weighted by Crippen LogP contribution is 2.59. The summed E-state index contributed by atoms with van der Waals surface area (Å²) >= 11 is 6.03. The summed E-state index contributed by atoms with van der Waals surface area (Å²) in [6.45, 7) is 0.932. The van der Waals surface area contributed by atoms with E-state index < -0.39 is 0 Å². The molecule has 20 heavy (non-hydrogen) atoms. The Balaban J connectivity index is 1.52. The SMILES string of the molecule is O=c1[nH]ncc(NCC23CC4CC(CC(C4)C2)C3)c1Cl. The second kappa shape index (κ2) is 4.48. The third kappa shape index (κ3) is 2.05. The van der Waals surface area contributed by atoms with Crippen LogP contribution in [0.15, 0.2) is 11.0 Å². The fourth-order valence-electron chi connectivity index (χ4n) is 5.30. The van der Waals surface area contributed by atoms with E-state index in [4.69, 9.17) is 11.6 Å². The van der Waals surface area contributed by atoms with Gasteiger partial charge in [0.1, 0.15) is 5.02 Å². The van der Waals surface area contributed by atoms with Gasteiger partial charge < -0.3 is 5.32 Å². The molecule has 0 unspecified atom stereocenters. The van der Waals surface area contributed by atoms with Gasteiger partial charge in [0.25, 0.3) is 5.56 Å². The van der Waals surface area contributed by atoms with Gasteiger partial charge >= 0.3 is 0 Å². The van der Waals surface area contributed by atoms with Gasteiger partial charge in [0.15, 0.2) is 0 Å². The van der Waals surface area contributed by atoms with E-state index in [0.29, 0.717) is 11.1 Å². The number of nitrogens with one attached hydrogen (secondary N) is 2. The van der Waals surface area contributed by atoms with Gasteiger partial charge in [-0.15, -0.1) is 0 Å². The van der Waals surface area contributed by atoms with Gasteiger partial charge in [-0.2, -0.15) is 5.10 Å². The average molecular weight is 294 g/mol. The molecule has 5 rings (SSSR count). The van der Waals surface area contributed by atoms with E-state index >= 15 is 0 Å². The second-order valence-electron chi connectivity index (χ2n) is 7.20. The summed E-state index contributed by atoms with van der Waals surface area (Å²) in [4.78, 5) is 11.5. The van der Waals surface area contributed by atoms with Crippen molar-refractivity contribution in [3.8, 4) is 0 Å². The van der Waals surface area contributed by atoms with E-state index in [9.17, 15) is 4.79 Å². The van der Waals surface area contributed by atoms with Gasteiger partial charge in [-0.3, -0.25) is 4.79 Å². The van der Waals surface area contributed by atoms with Gasteiger partial charge in [-0.05, 0) is 61.7 Å². The summed E-state index contributed by atoms with van der Waals surface area (Å²) in [6, 6.07) is 0. The lowest BCUT2D eigenvalue weighted by Gasteiger charge is -2.57. The first-order valence-electron chi connectivity index (χ1n) is 7.61. The Kier molecular flexibility index (Phi) is 2.85. The Morgan fingerprint density at radius 2 is 1.85 bits per heavy atom. The molecule has 108 valence electrons. The summed E-state index contributed by atoms with van der Waals surface area (Å²) in [5.74, 6) is 2.82. The average Bonchev–Trinajstić information content (AvgIpc) is 2.39. The Morgan fingerprint density at radius 3 is 2.45 bits per heavy atom. The topological polar surface area (TPSA) is 57.8 Å². The number of H-pyrrole nitrogens is 1. The molecule has 0 radical (unpaired) electrons. The highest BCUT2D eigenvalue weighted by Gasteiger charge is 2.50. The maximum Gasteiger partial charge on any atom is 0.285 e. The predicted molar refractivity (Wildman–Crippen MR) is 79.0 cm³/mol. The van der Waals surface area contributed by atoms with Crippen molar-refractivity contribution in [1.82, 2.24) is 10.2 Å². The van der Waals surface area contributed by atoms with Crippen LogP contribution in [0.3, 0.4) is 0 Å². The zero-order chi connectivity index (χ0) is 13.7. The molecule has 2 N–H and O–H groups in total. The molecule has 1 aromatic rings. The molecule has 1 heterocycles. The van der Waals surface area contributed by atoms with Crippen molar-refractivity contribution in [2.75, 3.05) is 11.9 Å². The van der Waals surface area contributed by atoms with E-state index in [1.165, 1.54) is 38.5 Å². The van der Waals surface area contributed by atoms with Gasteiger partial charge in [-0.1, -0.05) is 11.6 Å². The van der Waals surface area contributed by atoms with E-state index in [1.54, 1.807) is 6.20 Å². The van der Waals surface area contributed by atoms with Crippen molar-refractivity contribution in [1.29, 1.82) is 0 Å². The normalized spacial score (nSPS) is 38.1. The standard InChI is InChI=1S/C15H20ClN3O/c16-13-12(7-18-19-14(13)20)17-8-15-4-9-1-10(5-15)3-11(2-9)6-15/h7,9-11H,1-6,8H2,(H2,17,19,20). The molecule has 0 spiro atoms. The molecule has 5 heteroatoms. The first-order valence-corrected chi connectivity index (χ1v) is 7.98. The van der Waals surface area contributed by atoms with E-state index in [2.05, 4.69) is 15.5 Å². The van der Waals surface area contributed by atoms with Crippen LogP contribution in [-0.2, 0) is 0 Å². The van der Waals surface area contributed by atoms with Crippen LogP contribution >= 0.6 is 11.6 Å². The molecule has 0 aromatic carbocycles. The lowest BCUT2D eigenvalue weighted by atomic mass is 9.49. The third-order valence-electron chi connectivity index (χ3n) is 5.61. The molecule has 1 aromatic heterocycles. The Labute approximate surface area is 123 Å². The molecule has 4 nitrogen and oxygen atoms in total. The van der Waals surface area contributed by atoms with Crippen molar-refractivity contribution in [2.45, 2.75) is 38.5 Å². The number of anilines is 1. The highest BCUT2D eigenvalue weighted by molar-refractivity contribution is 6.32. The number of aromatic nitrogens is 2. The second-order valence-corrected chi connectivity index (χ2v) is 7.58. The van der Waals surface area contributed by atoms with Crippen molar-refractivity contribution < 1.29 is 0 Å². The highest BCUT2D eigenvalue weighted by atomic mass is 35.5. The monoisotopic (exact) mass is 293 g/mol. The number of aromatic amines is 1. The molecule has 4 saturated carbocycles. The molecular formula is C15H20ClN3O. The van der Waals surface area contributed by atoms with Crippen LogP contribution in [0.4, 0.5) is 5.69 Å². The zero-order valence-electron chi connectivity index (χ0n) is 11.5. The van der Waals surface area contributed by atoms with Crippen LogP contribution in [0.5, 0.6) is 0 Å². The fourth-order valence-corrected chi connectivity index (χ4v) is 5.45. The minimum atomic E-state index is -0.317. The number of rotatable bonds is 3. The quantitative estimate of drug-likeness (QED) is 0.900. The minimum absolute atomic E-state index is 0.227. The lowest BCUT2D eigenvalue weighted by molar-refractivity contribution is -0.0444. The maximum absolute atomic E-state index is 11.5. The van der Waals surface area contributed by atoms with Crippen LogP contribution in [0, 0.1) is 23.2 Å². The van der Waals surface area contributed by atoms with Crippen molar-refractivity contribution >= 4 is 17.3 Å². The summed E-state index contributed by atoms with van der Waals surface area (Å²) in [5.41, 5.74) is 0.786. The summed E-state index contributed by atoms with van der Waals surface area (Å²) in [6.07, 6.45) is 10.0. The Morgan fingerprint density at radius 1 is 1.25 bits per heavy atom. The van der Waals surface area contributed by atoms with Gasteiger partial charge in [0.2, 0.25) is 0 Å². The molecular weight excluding hydrogens is 274 g/mol. The number of hydrogen-bond acceptors (Lipinski definition) is 3. The van der Waals surface area contributed by atoms with Crippen LogP contribution in [-0.4, -0.2) is 16.7 Å². The summed E-state index contributed by atoms with van der Waals surface area (Å²) in [7, 11) is 0. The third-order valence-corrected chi connectivity index (χ3v) is 5.99. The van der Waals surface area contributed by atoms with Crippen LogP contribution in [0.2, 0.25) is 5.02 Å². The Bertz CT molecular complexity index is 547. The van der Waals surface area contributed by atoms with E-state index in [1.807, 2.05) is 0 Å². The van der Waals surface area contributed by atoms with Crippen molar-refractivity contribution in [2.24, 2.45) is 23.2 Å². The van der Waals surface area contributed by atoms with Crippen LogP contribution in [0.1, 0.15) is 38.5 Å². The number of halogens is 1. The maximum atomic E-state index is 11.5. The molecule has 4 fully saturated rings. The van der Waals surface area contributed by atoms with Crippen LogP contribution in [0.25, 0.3) is 0 Å². The number of nitrogens with zero attached hydrogens (tertiary/aromatic N) is 1. The Hall–Kier alpha value is -1.03. The lowest BCUT2D eigenvalue weighted by Crippen LogP contribution is -2.49. The first kappa shape index (κ1) is 12.7. The molecule has 0 aliphatic heterocycles. The van der Waals surface area contributed by atoms with E-state index in [0.717, 1.165) is 24.3 Å². The molecule has 0 saturated heterocycles. The zero-order valence-corrected chi connectivity index (χ0v) is 12.2. The summed E-state index contributed by atoms with van der Waals surface area (Å²) < 4.78 is 0.